The van der Waals surface area contributed by atoms with E-state index in [0.29, 0.717) is 17.9 Å². The van der Waals surface area contributed by atoms with Crippen molar-refractivity contribution in [3.8, 4) is 0 Å². The van der Waals surface area contributed by atoms with E-state index in [4.69, 9.17) is 10.3 Å². The average molecular weight is 225 g/mol. The van der Waals surface area contributed by atoms with Crippen molar-refractivity contribution in [3.63, 3.8) is 0 Å². The third-order valence-corrected chi connectivity index (χ3v) is 2.52. The summed E-state index contributed by atoms with van der Waals surface area (Å²) in [6.45, 7) is 4.28. The number of unbranched alkanes of at least 4 members (excludes halogenated alkanes) is 1. The smallest absolute Gasteiger partial charge is 0.256 e. The highest BCUT2D eigenvalue weighted by Crippen LogP contribution is 2.07. The second-order valence-corrected chi connectivity index (χ2v) is 3.84. The van der Waals surface area contributed by atoms with Crippen molar-refractivity contribution in [2.75, 3.05) is 6.54 Å². The second-order valence-electron chi connectivity index (χ2n) is 3.84. The number of hydrogen-bond donors (Lipinski definition) is 2. The summed E-state index contributed by atoms with van der Waals surface area (Å²) in [4.78, 5) is 11.8. The van der Waals surface area contributed by atoms with Crippen LogP contribution in [0.25, 0.3) is 0 Å². The highest BCUT2D eigenvalue weighted by atomic mass is 16.5. The largest absolute Gasteiger partial charge is 0.361 e. The molecule has 0 aromatic carbocycles. The molecule has 1 aromatic rings. The van der Waals surface area contributed by atoms with Gasteiger partial charge in [0.05, 0.1) is 6.20 Å². The van der Waals surface area contributed by atoms with Crippen molar-refractivity contribution in [3.05, 3.63) is 17.5 Å². The Labute approximate surface area is 95.4 Å². The Morgan fingerprint density at radius 3 is 2.94 bits per heavy atom. The number of nitrogens with one attached hydrogen (secondary N) is 1. The molecule has 1 rings (SSSR count). The molecule has 5 heteroatoms. The molecule has 0 aliphatic heterocycles. The van der Waals surface area contributed by atoms with Crippen LogP contribution < -0.4 is 11.1 Å². The molecular formula is C11H19N3O2. The standard InChI is InChI=1S/C11H19N3O2/c1-3-4-5-9(6-12)14-11(15)10-7-13-16-8(10)2/h7,9H,3-6,12H2,1-2H3,(H,14,15). The minimum Gasteiger partial charge on any atom is -0.361 e. The molecule has 90 valence electrons. The molecule has 0 saturated heterocycles. The SMILES string of the molecule is CCCCC(CN)NC(=O)c1cnoc1C. The van der Waals surface area contributed by atoms with Gasteiger partial charge >= 0.3 is 0 Å². The molecule has 1 aromatic heterocycles. The van der Waals surface area contributed by atoms with Crippen LogP contribution in [0.15, 0.2) is 10.7 Å². The van der Waals surface area contributed by atoms with Crippen molar-refractivity contribution >= 4 is 5.91 Å². The van der Waals surface area contributed by atoms with E-state index in [1.165, 1.54) is 6.20 Å². The topological polar surface area (TPSA) is 81.1 Å². The first kappa shape index (κ1) is 12.7. The van der Waals surface area contributed by atoms with Crippen LogP contribution in [0.4, 0.5) is 0 Å². The van der Waals surface area contributed by atoms with Gasteiger partial charge < -0.3 is 15.6 Å². The van der Waals surface area contributed by atoms with Gasteiger partial charge in [-0.25, -0.2) is 0 Å². The van der Waals surface area contributed by atoms with Crippen LogP contribution in [-0.2, 0) is 0 Å². The zero-order chi connectivity index (χ0) is 12.0. The monoisotopic (exact) mass is 225 g/mol. The maximum absolute atomic E-state index is 11.8. The number of nitrogens with zero attached hydrogens (tertiary/aromatic N) is 1. The zero-order valence-corrected chi connectivity index (χ0v) is 9.82. The molecule has 1 heterocycles. The Bertz CT molecular complexity index is 336. The van der Waals surface area contributed by atoms with E-state index in [9.17, 15) is 4.79 Å². The highest BCUT2D eigenvalue weighted by molar-refractivity contribution is 5.94. The van der Waals surface area contributed by atoms with E-state index in [2.05, 4.69) is 17.4 Å². The average Bonchev–Trinajstić information content (AvgIpc) is 2.70. The fourth-order valence-corrected chi connectivity index (χ4v) is 1.48. The third-order valence-electron chi connectivity index (χ3n) is 2.52. The molecule has 0 spiro atoms. The number of nitrogens with two attached hydrogens (primary N) is 1. The van der Waals surface area contributed by atoms with E-state index < -0.39 is 0 Å². The van der Waals surface area contributed by atoms with E-state index in [-0.39, 0.29) is 11.9 Å². The molecule has 0 fully saturated rings. The summed E-state index contributed by atoms with van der Waals surface area (Å²) in [5.74, 6) is 0.370. The van der Waals surface area contributed by atoms with Crippen molar-refractivity contribution in [2.24, 2.45) is 5.73 Å². The number of rotatable bonds is 6. The molecule has 1 atom stereocenters. The van der Waals surface area contributed by atoms with Crippen LogP contribution in [0.2, 0.25) is 0 Å². The first-order chi connectivity index (χ1) is 7.69. The van der Waals surface area contributed by atoms with Gasteiger partial charge in [0.2, 0.25) is 0 Å². The van der Waals surface area contributed by atoms with Gasteiger partial charge in [-0.3, -0.25) is 4.79 Å². The predicted molar refractivity (Wildman–Crippen MR) is 61.1 cm³/mol. The predicted octanol–water partition coefficient (Wildman–Crippen LogP) is 1.23. The molecule has 0 saturated carbocycles. The lowest BCUT2D eigenvalue weighted by Gasteiger charge is -2.15. The molecule has 1 amide bonds. The number of carbonyl (C=O) groups excluding carboxylic acids is 1. The van der Waals surface area contributed by atoms with E-state index in [1.807, 2.05) is 0 Å². The quantitative estimate of drug-likeness (QED) is 0.763. The lowest BCUT2D eigenvalue weighted by atomic mass is 10.1. The van der Waals surface area contributed by atoms with E-state index in [0.717, 1.165) is 19.3 Å². The number of aryl methyl sites for hydroxylation is 1. The first-order valence-electron chi connectivity index (χ1n) is 5.61. The van der Waals surface area contributed by atoms with Gasteiger partial charge in [-0.1, -0.05) is 24.9 Å². The summed E-state index contributed by atoms with van der Waals surface area (Å²) < 4.78 is 4.84. The maximum Gasteiger partial charge on any atom is 0.256 e. The Morgan fingerprint density at radius 1 is 1.69 bits per heavy atom. The van der Waals surface area contributed by atoms with Crippen LogP contribution in [0.1, 0.15) is 42.3 Å². The zero-order valence-electron chi connectivity index (χ0n) is 9.82. The van der Waals surface area contributed by atoms with Crippen LogP contribution in [0.3, 0.4) is 0 Å². The van der Waals surface area contributed by atoms with Crippen molar-refractivity contribution in [1.82, 2.24) is 10.5 Å². The number of aromatic nitrogens is 1. The molecule has 0 aliphatic carbocycles. The molecule has 5 nitrogen and oxygen atoms in total. The Morgan fingerprint density at radius 2 is 2.44 bits per heavy atom. The molecule has 0 aliphatic rings. The summed E-state index contributed by atoms with van der Waals surface area (Å²) in [5.41, 5.74) is 6.08. The van der Waals surface area contributed by atoms with Crippen LogP contribution >= 0.6 is 0 Å². The number of hydrogen-bond acceptors (Lipinski definition) is 4. The number of carbonyl (C=O) groups is 1. The summed E-state index contributed by atoms with van der Waals surface area (Å²) in [5, 5.41) is 6.45. The third kappa shape index (κ3) is 3.34. The summed E-state index contributed by atoms with van der Waals surface area (Å²) in [6.07, 6.45) is 4.49. The lowest BCUT2D eigenvalue weighted by Crippen LogP contribution is -2.40. The van der Waals surface area contributed by atoms with Gasteiger partial charge in [-0.2, -0.15) is 0 Å². The number of amides is 1. The van der Waals surface area contributed by atoms with Crippen LogP contribution in [0.5, 0.6) is 0 Å². The van der Waals surface area contributed by atoms with Gasteiger partial charge in [-0.15, -0.1) is 0 Å². The molecule has 16 heavy (non-hydrogen) atoms. The second kappa shape index (κ2) is 6.27. The van der Waals surface area contributed by atoms with E-state index >= 15 is 0 Å². The summed E-state index contributed by atoms with van der Waals surface area (Å²) in [6, 6.07) is 0.0294. The van der Waals surface area contributed by atoms with Gasteiger partial charge in [0, 0.05) is 12.6 Å². The molecule has 0 radical (unpaired) electrons. The van der Waals surface area contributed by atoms with Gasteiger partial charge in [0.25, 0.3) is 5.91 Å². The Balaban J connectivity index is 2.52. The minimum atomic E-state index is -0.162. The van der Waals surface area contributed by atoms with Gasteiger partial charge in [0.1, 0.15) is 11.3 Å². The van der Waals surface area contributed by atoms with Crippen molar-refractivity contribution < 1.29 is 9.32 Å². The first-order valence-corrected chi connectivity index (χ1v) is 5.61. The van der Waals surface area contributed by atoms with Gasteiger partial charge in [-0.05, 0) is 13.3 Å². The van der Waals surface area contributed by atoms with Gasteiger partial charge in [0.15, 0.2) is 0 Å². The molecule has 0 bridgehead atoms. The fourth-order valence-electron chi connectivity index (χ4n) is 1.48. The van der Waals surface area contributed by atoms with Crippen LogP contribution in [-0.4, -0.2) is 23.7 Å². The van der Waals surface area contributed by atoms with Crippen molar-refractivity contribution in [1.29, 1.82) is 0 Å². The Kier molecular flexibility index (Phi) is 4.98. The summed E-state index contributed by atoms with van der Waals surface area (Å²) in [7, 11) is 0. The summed E-state index contributed by atoms with van der Waals surface area (Å²) >= 11 is 0. The normalized spacial score (nSPS) is 12.4. The fraction of sp³-hybridized carbons (Fsp3) is 0.636. The molecule has 1 unspecified atom stereocenters. The lowest BCUT2D eigenvalue weighted by molar-refractivity contribution is 0.0934. The highest BCUT2D eigenvalue weighted by Gasteiger charge is 2.16. The molecular weight excluding hydrogens is 206 g/mol. The van der Waals surface area contributed by atoms with Crippen LogP contribution in [0, 0.1) is 6.92 Å². The molecule has 3 N–H and O–H groups in total. The van der Waals surface area contributed by atoms with Crippen molar-refractivity contribution in [2.45, 2.75) is 39.2 Å². The maximum atomic E-state index is 11.8. The van der Waals surface area contributed by atoms with E-state index in [1.54, 1.807) is 6.92 Å². The minimum absolute atomic E-state index is 0.0294. The Hall–Kier alpha value is -1.36.